The third-order valence-corrected chi connectivity index (χ3v) is 7.02. The van der Waals surface area contributed by atoms with Gasteiger partial charge in [-0.05, 0) is 79.1 Å². The minimum Gasteiger partial charge on any atom is -0.493 e. The molecular formula is C30H42O4. The van der Waals surface area contributed by atoms with Crippen molar-refractivity contribution in [1.82, 2.24) is 0 Å². The summed E-state index contributed by atoms with van der Waals surface area (Å²) in [6.07, 6.45) is 11.8. The van der Waals surface area contributed by atoms with Crippen LogP contribution in [0.15, 0.2) is 48.5 Å². The first kappa shape index (κ1) is 26.1. The fraction of sp³-hybridized carbons (Fsp3) is 0.567. The summed E-state index contributed by atoms with van der Waals surface area (Å²) in [6, 6.07) is 14.5. The third-order valence-electron chi connectivity index (χ3n) is 7.02. The SMILES string of the molecule is CCCCCC1CCC(COc2ccc(OC(=O)c3ccc(OCC(C)CC)cc3)cc2)CC1. The van der Waals surface area contributed by atoms with Crippen molar-refractivity contribution in [3.05, 3.63) is 54.1 Å². The molecule has 1 aliphatic rings. The molecule has 2 aromatic carbocycles. The van der Waals surface area contributed by atoms with Crippen LogP contribution < -0.4 is 14.2 Å². The number of hydrogen-bond donors (Lipinski definition) is 0. The molecule has 0 spiro atoms. The number of carbonyl (C=O) groups excluding carboxylic acids is 1. The smallest absolute Gasteiger partial charge is 0.343 e. The maximum absolute atomic E-state index is 12.5. The Kier molecular flexibility index (Phi) is 10.8. The van der Waals surface area contributed by atoms with Gasteiger partial charge < -0.3 is 14.2 Å². The van der Waals surface area contributed by atoms with Crippen molar-refractivity contribution in [2.75, 3.05) is 13.2 Å². The van der Waals surface area contributed by atoms with Crippen LogP contribution in [-0.4, -0.2) is 19.2 Å². The van der Waals surface area contributed by atoms with E-state index in [-0.39, 0.29) is 5.97 Å². The summed E-state index contributed by atoms with van der Waals surface area (Å²) >= 11 is 0. The van der Waals surface area contributed by atoms with Crippen molar-refractivity contribution in [1.29, 1.82) is 0 Å². The van der Waals surface area contributed by atoms with Gasteiger partial charge in [-0.15, -0.1) is 0 Å². The van der Waals surface area contributed by atoms with Gasteiger partial charge in [-0.25, -0.2) is 4.79 Å². The molecule has 2 aromatic rings. The van der Waals surface area contributed by atoms with Crippen LogP contribution in [0.3, 0.4) is 0 Å². The van der Waals surface area contributed by atoms with Crippen molar-refractivity contribution in [3.8, 4) is 17.2 Å². The number of unbranched alkanes of at least 4 members (excludes halogenated alkanes) is 2. The molecule has 1 fully saturated rings. The Balaban J connectivity index is 1.38. The standard InChI is InChI=1S/C30H42O4/c1-4-6-7-8-24-9-11-25(12-10-24)22-33-28-17-19-29(20-18-28)34-30(31)26-13-15-27(16-14-26)32-21-23(3)5-2/h13-20,23-25H,4-12,21-22H2,1-3H3. The lowest BCUT2D eigenvalue weighted by Crippen LogP contribution is -2.20. The van der Waals surface area contributed by atoms with Gasteiger partial charge in [0.05, 0.1) is 18.8 Å². The molecule has 0 saturated heterocycles. The van der Waals surface area contributed by atoms with E-state index in [1.807, 2.05) is 24.3 Å². The van der Waals surface area contributed by atoms with Crippen LogP contribution in [0.2, 0.25) is 0 Å². The largest absolute Gasteiger partial charge is 0.493 e. The predicted octanol–water partition coefficient (Wildman–Crippen LogP) is 8.10. The van der Waals surface area contributed by atoms with E-state index in [0.717, 1.165) is 30.4 Å². The molecule has 4 nitrogen and oxygen atoms in total. The maximum atomic E-state index is 12.5. The Hall–Kier alpha value is -2.49. The molecule has 186 valence electrons. The maximum Gasteiger partial charge on any atom is 0.343 e. The lowest BCUT2D eigenvalue weighted by Gasteiger charge is -2.28. The summed E-state index contributed by atoms with van der Waals surface area (Å²) in [7, 11) is 0. The van der Waals surface area contributed by atoms with E-state index in [4.69, 9.17) is 14.2 Å². The molecule has 0 bridgehead atoms. The van der Waals surface area contributed by atoms with E-state index in [0.29, 0.717) is 29.8 Å². The summed E-state index contributed by atoms with van der Waals surface area (Å²) in [6.45, 7) is 8.02. The van der Waals surface area contributed by atoms with Crippen molar-refractivity contribution >= 4 is 5.97 Å². The number of benzene rings is 2. The minimum atomic E-state index is -0.377. The fourth-order valence-electron chi connectivity index (χ4n) is 4.40. The number of rotatable bonds is 13. The first-order valence-corrected chi connectivity index (χ1v) is 13.2. The Labute approximate surface area is 206 Å². The lowest BCUT2D eigenvalue weighted by atomic mass is 9.80. The molecular weight excluding hydrogens is 424 g/mol. The molecule has 0 aliphatic heterocycles. The molecule has 4 heteroatoms. The van der Waals surface area contributed by atoms with Gasteiger partial charge >= 0.3 is 5.97 Å². The Morgan fingerprint density at radius 1 is 0.824 bits per heavy atom. The van der Waals surface area contributed by atoms with Crippen LogP contribution in [0.1, 0.15) is 88.9 Å². The van der Waals surface area contributed by atoms with E-state index >= 15 is 0 Å². The highest BCUT2D eigenvalue weighted by atomic mass is 16.5. The Morgan fingerprint density at radius 3 is 2.06 bits per heavy atom. The van der Waals surface area contributed by atoms with Crippen LogP contribution in [0.25, 0.3) is 0 Å². The number of esters is 1. The monoisotopic (exact) mass is 466 g/mol. The van der Waals surface area contributed by atoms with Crippen molar-refractivity contribution in [2.24, 2.45) is 17.8 Å². The fourth-order valence-corrected chi connectivity index (χ4v) is 4.40. The molecule has 0 radical (unpaired) electrons. The summed E-state index contributed by atoms with van der Waals surface area (Å²) in [5.74, 6) is 3.81. The first-order chi connectivity index (χ1) is 16.6. The second-order valence-electron chi connectivity index (χ2n) is 9.90. The van der Waals surface area contributed by atoms with Crippen LogP contribution in [-0.2, 0) is 0 Å². The summed E-state index contributed by atoms with van der Waals surface area (Å²) in [4.78, 5) is 12.5. The molecule has 0 aromatic heterocycles. The molecule has 1 saturated carbocycles. The van der Waals surface area contributed by atoms with Crippen LogP contribution in [0, 0.1) is 17.8 Å². The average molecular weight is 467 g/mol. The van der Waals surface area contributed by atoms with Crippen molar-refractivity contribution in [3.63, 3.8) is 0 Å². The summed E-state index contributed by atoms with van der Waals surface area (Å²) < 4.78 is 17.3. The Morgan fingerprint density at radius 2 is 1.41 bits per heavy atom. The second kappa shape index (κ2) is 14.0. The lowest BCUT2D eigenvalue weighted by molar-refractivity contribution is 0.0734. The molecule has 0 amide bonds. The van der Waals surface area contributed by atoms with E-state index < -0.39 is 0 Å². The molecule has 34 heavy (non-hydrogen) atoms. The highest BCUT2D eigenvalue weighted by Crippen LogP contribution is 2.32. The molecule has 1 atom stereocenters. The van der Waals surface area contributed by atoms with Gasteiger partial charge in [0.1, 0.15) is 17.2 Å². The van der Waals surface area contributed by atoms with Gasteiger partial charge in [-0.3, -0.25) is 0 Å². The van der Waals surface area contributed by atoms with E-state index in [2.05, 4.69) is 20.8 Å². The van der Waals surface area contributed by atoms with Crippen molar-refractivity contribution in [2.45, 2.75) is 78.6 Å². The number of hydrogen-bond acceptors (Lipinski definition) is 4. The molecule has 0 N–H and O–H groups in total. The van der Waals surface area contributed by atoms with Crippen LogP contribution in [0.4, 0.5) is 0 Å². The summed E-state index contributed by atoms with van der Waals surface area (Å²) in [5.41, 5.74) is 0.501. The van der Waals surface area contributed by atoms with Crippen LogP contribution >= 0.6 is 0 Å². The number of carbonyl (C=O) groups is 1. The van der Waals surface area contributed by atoms with Gasteiger partial charge in [0.2, 0.25) is 0 Å². The average Bonchev–Trinajstić information content (AvgIpc) is 2.88. The highest BCUT2D eigenvalue weighted by molar-refractivity contribution is 5.91. The van der Waals surface area contributed by atoms with Gasteiger partial charge in [0, 0.05) is 0 Å². The Bertz CT molecular complexity index is 835. The van der Waals surface area contributed by atoms with Gasteiger partial charge in [0.15, 0.2) is 0 Å². The zero-order valence-electron chi connectivity index (χ0n) is 21.3. The number of ether oxygens (including phenoxy) is 3. The van der Waals surface area contributed by atoms with Crippen LogP contribution in [0.5, 0.6) is 17.2 Å². The third kappa shape index (κ3) is 8.70. The topological polar surface area (TPSA) is 44.8 Å². The quantitative estimate of drug-likeness (QED) is 0.170. The molecule has 3 rings (SSSR count). The normalized spacial score (nSPS) is 18.8. The summed E-state index contributed by atoms with van der Waals surface area (Å²) in [5, 5.41) is 0. The van der Waals surface area contributed by atoms with E-state index in [1.54, 1.807) is 24.3 Å². The molecule has 1 aliphatic carbocycles. The zero-order valence-corrected chi connectivity index (χ0v) is 21.3. The van der Waals surface area contributed by atoms with Gasteiger partial charge in [0.25, 0.3) is 0 Å². The second-order valence-corrected chi connectivity index (χ2v) is 9.90. The van der Waals surface area contributed by atoms with Gasteiger partial charge in [-0.2, -0.15) is 0 Å². The highest BCUT2D eigenvalue weighted by Gasteiger charge is 2.21. The van der Waals surface area contributed by atoms with Gasteiger partial charge in [-0.1, -0.05) is 65.7 Å². The van der Waals surface area contributed by atoms with Crippen molar-refractivity contribution < 1.29 is 19.0 Å². The zero-order chi connectivity index (χ0) is 24.2. The minimum absolute atomic E-state index is 0.377. The predicted molar refractivity (Wildman–Crippen MR) is 138 cm³/mol. The van der Waals surface area contributed by atoms with E-state index in [1.165, 1.54) is 51.4 Å². The molecule has 1 unspecified atom stereocenters. The molecule has 0 heterocycles. The first-order valence-electron chi connectivity index (χ1n) is 13.2. The van der Waals surface area contributed by atoms with E-state index in [9.17, 15) is 4.79 Å².